The summed E-state index contributed by atoms with van der Waals surface area (Å²) in [6, 6.07) is 16.7. The zero-order chi connectivity index (χ0) is 19.1. The second-order valence-corrected chi connectivity index (χ2v) is 6.39. The van der Waals surface area contributed by atoms with E-state index in [1.165, 1.54) is 0 Å². The van der Waals surface area contributed by atoms with Gasteiger partial charge in [0.25, 0.3) is 5.91 Å². The number of hydrogen-bond acceptors (Lipinski definition) is 4. The lowest BCUT2D eigenvalue weighted by Crippen LogP contribution is -2.13. The molecule has 0 atom stereocenters. The van der Waals surface area contributed by atoms with Gasteiger partial charge in [0, 0.05) is 29.6 Å². The van der Waals surface area contributed by atoms with Crippen LogP contribution in [0.4, 0.5) is 11.4 Å². The van der Waals surface area contributed by atoms with E-state index >= 15 is 0 Å². The molecule has 0 spiro atoms. The Morgan fingerprint density at radius 3 is 2.63 bits per heavy atom. The summed E-state index contributed by atoms with van der Waals surface area (Å²) in [7, 11) is 1.60. The molecule has 3 aromatic rings. The lowest BCUT2D eigenvalue weighted by molar-refractivity contribution is 0.102. The topological polar surface area (TPSA) is 63.2 Å². The van der Waals surface area contributed by atoms with Gasteiger partial charge in [-0.15, -0.1) is 0 Å². The maximum Gasteiger partial charge on any atom is 0.257 e. The first kappa shape index (κ1) is 18.7. The highest BCUT2D eigenvalue weighted by molar-refractivity contribution is 6.30. The molecule has 2 N–H and O–H groups in total. The van der Waals surface area contributed by atoms with Gasteiger partial charge in [-0.05, 0) is 54.4 Å². The molecule has 0 bridgehead atoms. The molecule has 0 aliphatic heterocycles. The van der Waals surface area contributed by atoms with Crippen molar-refractivity contribution in [2.75, 3.05) is 24.3 Å². The zero-order valence-electron chi connectivity index (χ0n) is 14.9. The number of ether oxygens (including phenoxy) is 1. The standard InChI is InChI=1S/C21H20ClN3O2/c1-27-20-7-5-18(6-8-20)25-21(26)16-12-19(14-23-13-16)24-10-9-15-3-2-4-17(22)11-15/h2-8,11-14,24H,9-10H2,1H3,(H,25,26). The van der Waals surface area contributed by atoms with E-state index in [0.717, 1.165) is 28.4 Å². The Hall–Kier alpha value is -3.05. The van der Waals surface area contributed by atoms with Crippen LogP contribution in [0.2, 0.25) is 5.02 Å². The molecule has 1 amide bonds. The predicted octanol–water partition coefficient (Wildman–Crippen LogP) is 4.65. The van der Waals surface area contributed by atoms with Crippen LogP contribution in [-0.4, -0.2) is 24.5 Å². The van der Waals surface area contributed by atoms with Gasteiger partial charge in [-0.2, -0.15) is 0 Å². The molecular weight excluding hydrogens is 362 g/mol. The molecule has 1 heterocycles. The molecule has 138 valence electrons. The summed E-state index contributed by atoms with van der Waals surface area (Å²) >= 11 is 6.00. The maximum absolute atomic E-state index is 12.4. The highest BCUT2D eigenvalue weighted by Crippen LogP contribution is 2.17. The summed E-state index contributed by atoms with van der Waals surface area (Å²) in [5.41, 5.74) is 3.12. The second-order valence-electron chi connectivity index (χ2n) is 5.95. The van der Waals surface area contributed by atoms with Crippen LogP contribution in [0.1, 0.15) is 15.9 Å². The van der Waals surface area contributed by atoms with E-state index in [0.29, 0.717) is 17.8 Å². The van der Waals surface area contributed by atoms with E-state index in [1.807, 2.05) is 24.3 Å². The number of amides is 1. The predicted molar refractivity (Wildman–Crippen MR) is 109 cm³/mol. The van der Waals surface area contributed by atoms with Gasteiger partial charge in [0.2, 0.25) is 0 Å². The number of methoxy groups -OCH3 is 1. The van der Waals surface area contributed by atoms with Gasteiger partial charge < -0.3 is 15.4 Å². The SMILES string of the molecule is COc1ccc(NC(=O)c2cncc(NCCc3cccc(Cl)c3)c2)cc1. The van der Waals surface area contributed by atoms with Gasteiger partial charge in [-0.1, -0.05) is 23.7 Å². The summed E-state index contributed by atoms with van der Waals surface area (Å²) in [5, 5.41) is 6.86. The first-order valence-electron chi connectivity index (χ1n) is 8.53. The highest BCUT2D eigenvalue weighted by Gasteiger charge is 2.08. The van der Waals surface area contributed by atoms with E-state index in [2.05, 4.69) is 15.6 Å². The van der Waals surface area contributed by atoms with Crippen molar-refractivity contribution in [2.45, 2.75) is 6.42 Å². The van der Waals surface area contributed by atoms with Crippen molar-refractivity contribution in [1.82, 2.24) is 4.98 Å². The average molecular weight is 382 g/mol. The summed E-state index contributed by atoms with van der Waals surface area (Å²) in [5.74, 6) is 0.520. The second kappa shape index (κ2) is 9.05. The number of benzene rings is 2. The highest BCUT2D eigenvalue weighted by atomic mass is 35.5. The lowest BCUT2D eigenvalue weighted by atomic mass is 10.1. The van der Waals surface area contributed by atoms with Crippen molar-refractivity contribution in [3.05, 3.63) is 83.1 Å². The largest absolute Gasteiger partial charge is 0.497 e. The zero-order valence-corrected chi connectivity index (χ0v) is 15.7. The first-order valence-corrected chi connectivity index (χ1v) is 8.90. The molecule has 27 heavy (non-hydrogen) atoms. The van der Waals surface area contributed by atoms with Crippen molar-refractivity contribution in [3.63, 3.8) is 0 Å². The molecule has 6 heteroatoms. The Morgan fingerprint density at radius 1 is 1.07 bits per heavy atom. The van der Waals surface area contributed by atoms with Gasteiger partial charge in [0.1, 0.15) is 5.75 Å². The molecule has 2 aromatic carbocycles. The number of hydrogen-bond donors (Lipinski definition) is 2. The molecule has 0 fully saturated rings. The molecule has 0 saturated heterocycles. The minimum atomic E-state index is -0.217. The molecule has 0 aliphatic rings. The lowest BCUT2D eigenvalue weighted by Gasteiger charge is -2.09. The maximum atomic E-state index is 12.4. The van der Waals surface area contributed by atoms with Crippen LogP contribution in [0.25, 0.3) is 0 Å². The van der Waals surface area contributed by atoms with Crippen molar-refractivity contribution in [2.24, 2.45) is 0 Å². The Bertz CT molecular complexity index is 913. The smallest absolute Gasteiger partial charge is 0.257 e. The van der Waals surface area contributed by atoms with Crippen LogP contribution in [0, 0.1) is 0 Å². The number of aromatic nitrogens is 1. The van der Waals surface area contributed by atoms with Crippen LogP contribution in [0.5, 0.6) is 5.75 Å². The fraction of sp³-hybridized carbons (Fsp3) is 0.143. The number of nitrogens with one attached hydrogen (secondary N) is 2. The van der Waals surface area contributed by atoms with E-state index in [-0.39, 0.29) is 5.91 Å². The van der Waals surface area contributed by atoms with Crippen LogP contribution in [0.3, 0.4) is 0 Å². The number of halogens is 1. The Balaban J connectivity index is 1.58. The molecular formula is C21H20ClN3O2. The molecule has 5 nitrogen and oxygen atoms in total. The van der Waals surface area contributed by atoms with Gasteiger partial charge in [-0.25, -0.2) is 0 Å². The number of anilines is 2. The third-order valence-electron chi connectivity index (χ3n) is 3.98. The van der Waals surface area contributed by atoms with Crippen molar-refractivity contribution < 1.29 is 9.53 Å². The van der Waals surface area contributed by atoms with E-state index in [9.17, 15) is 4.79 Å². The number of rotatable bonds is 7. The third kappa shape index (κ3) is 5.46. The molecule has 0 unspecified atom stereocenters. The Labute approximate surface area is 163 Å². The van der Waals surface area contributed by atoms with Gasteiger partial charge in [-0.3, -0.25) is 9.78 Å². The van der Waals surface area contributed by atoms with Crippen LogP contribution in [0.15, 0.2) is 67.0 Å². The van der Waals surface area contributed by atoms with Gasteiger partial charge in [0.15, 0.2) is 0 Å². The van der Waals surface area contributed by atoms with Crippen molar-refractivity contribution in [1.29, 1.82) is 0 Å². The fourth-order valence-electron chi connectivity index (χ4n) is 2.58. The normalized spacial score (nSPS) is 10.3. The molecule has 3 rings (SSSR count). The van der Waals surface area contributed by atoms with Crippen LogP contribution >= 0.6 is 11.6 Å². The molecule has 1 aromatic heterocycles. The van der Waals surface area contributed by atoms with Crippen LogP contribution in [-0.2, 0) is 6.42 Å². The van der Waals surface area contributed by atoms with Crippen LogP contribution < -0.4 is 15.4 Å². The average Bonchev–Trinajstić information content (AvgIpc) is 2.69. The van der Waals surface area contributed by atoms with E-state index in [4.69, 9.17) is 16.3 Å². The summed E-state index contributed by atoms with van der Waals surface area (Å²) < 4.78 is 5.11. The van der Waals surface area contributed by atoms with Gasteiger partial charge >= 0.3 is 0 Å². The van der Waals surface area contributed by atoms with Crippen molar-refractivity contribution >= 4 is 28.9 Å². The number of carbonyl (C=O) groups is 1. The quantitative estimate of drug-likeness (QED) is 0.625. The minimum absolute atomic E-state index is 0.217. The van der Waals surface area contributed by atoms with E-state index in [1.54, 1.807) is 49.8 Å². The molecule has 0 saturated carbocycles. The molecule has 0 aliphatic carbocycles. The number of nitrogens with zero attached hydrogens (tertiary/aromatic N) is 1. The fourth-order valence-corrected chi connectivity index (χ4v) is 2.79. The summed E-state index contributed by atoms with van der Waals surface area (Å²) in [6.07, 6.45) is 4.06. The summed E-state index contributed by atoms with van der Waals surface area (Å²) in [6.45, 7) is 0.714. The number of carbonyl (C=O) groups excluding carboxylic acids is 1. The summed E-state index contributed by atoms with van der Waals surface area (Å²) in [4.78, 5) is 16.6. The van der Waals surface area contributed by atoms with E-state index < -0.39 is 0 Å². The monoisotopic (exact) mass is 381 g/mol. The Kier molecular flexibility index (Phi) is 6.28. The minimum Gasteiger partial charge on any atom is -0.497 e. The Morgan fingerprint density at radius 2 is 1.89 bits per heavy atom. The van der Waals surface area contributed by atoms with Gasteiger partial charge in [0.05, 0.1) is 18.4 Å². The van der Waals surface area contributed by atoms with Crippen molar-refractivity contribution in [3.8, 4) is 5.75 Å². The number of pyridine rings is 1. The first-order chi connectivity index (χ1) is 13.1. The molecule has 0 radical (unpaired) electrons. The third-order valence-corrected chi connectivity index (χ3v) is 4.22.